The van der Waals surface area contributed by atoms with Crippen LogP contribution in [0.3, 0.4) is 0 Å². The SMILES string of the molecule is COc1ccc(CN2C3CC2CN(c2cnc(C4=CC(OCC(C)(C)C#N)=CN/C4=C(/C#N)C=N)cn2)C3)cn1. The van der Waals surface area contributed by atoms with E-state index in [1.54, 1.807) is 45.6 Å². The molecule has 0 radical (unpaired) electrons. The van der Waals surface area contributed by atoms with E-state index < -0.39 is 5.41 Å². The highest BCUT2D eigenvalue weighted by Gasteiger charge is 2.44. The summed E-state index contributed by atoms with van der Waals surface area (Å²) < 4.78 is 11.0. The van der Waals surface area contributed by atoms with E-state index in [1.807, 2.05) is 12.3 Å². The monoisotopic (exact) mass is 537 g/mol. The van der Waals surface area contributed by atoms with Gasteiger partial charge in [-0.3, -0.25) is 9.88 Å². The van der Waals surface area contributed by atoms with Gasteiger partial charge in [-0.1, -0.05) is 6.07 Å². The normalized spacial score (nSPS) is 21.5. The Bertz CT molecular complexity index is 1430. The molecule has 40 heavy (non-hydrogen) atoms. The maximum atomic E-state index is 9.56. The molecule has 2 aromatic heterocycles. The second-order valence-electron chi connectivity index (χ2n) is 10.7. The lowest BCUT2D eigenvalue weighted by Gasteiger charge is -2.56. The number of aromatic nitrogens is 3. The number of allylic oxidation sites excluding steroid dienone is 3. The molecule has 11 heteroatoms. The summed E-state index contributed by atoms with van der Waals surface area (Å²) >= 11 is 0. The van der Waals surface area contributed by atoms with Crippen molar-refractivity contribution < 1.29 is 9.47 Å². The second kappa shape index (κ2) is 11.2. The Balaban J connectivity index is 1.29. The first-order valence-corrected chi connectivity index (χ1v) is 13.0. The standard InChI is InChI=1S/C29H31N9O2/c1-29(2,17-32)18-40-23-7-24(28(36-11-23)20(8-30)9-31)25-12-34-26(13-33-25)37-15-21-6-22(16-37)38(21)14-19-4-5-27(39-3)35-10-19/h4-5,7-8,10-13,21-22,30,36H,6,14-16,18H2,1-3H3/b28-20+,30-8?. The van der Waals surface area contributed by atoms with Gasteiger partial charge in [0.1, 0.15) is 24.3 Å². The third-order valence-corrected chi connectivity index (χ3v) is 7.31. The first-order chi connectivity index (χ1) is 19.3. The zero-order valence-electron chi connectivity index (χ0n) is 22.8. The van der Waals surface area contributed by atoms with Crippen molar-refractivity contribution in [1.82, 2.24) is 25.2 Å². The van der Waals surface area contributed by atoms with Crippen molar-refractivity contribution in [2.75, 3.05) is 31.7 Å². The molecule has 11 nitrogen and oxygen atoms in total. The number of piperazine rings is 1. The summed E-state index contributed by atoms with van der Waals surface area (Å²) in [5.41, 5.74) is 2.26. The molecular formula is C29H31N9O2. The number of hydrogen-bond acceptors (Lipinski definition) is 11. The van der Waals surface area contributed by atoms with Crippen molar-refractivity contribution in [3.05, 3.63) is 71.3 Å². The van der Waals surface area contributed by atoms with E-state index >= 15 is 0 Å². The van der Waals surface area contributed by atoms with Gasteiger partial charge in [0, 0.05) is 62.0 Å². The van der Waals surface area contributed by atoms with Crippen LogP contribution >= 0.6 is 0 Å². The zero-order valence-corrected chi connectivity index (χ0v) is 22.8. The Morgan fingerprint density at radius 3 is 2.58 bits per heavy atom. The molecule has 2 unspecified atom stereocenters. The van der Waals surface area contributed by atoms with Gasteiger partial charge in [-0.15, -0.1) is 0 Å². The fourth-order valence-corrected chi connectivity index (χ4v) is 5.03. The minimum absolute atomic E-state index is 0.160. The number of methoxy groups -OCH3 is 1. The van der Waals surface area contributed by atoms with E-state index in [0.717, 1.165) is 38.1 Å². The van der Waals surface area contributed by atoms with Crippen LogP contribution in [0.5, 0.6) is 5.88 Å². The Kier molecular flexibility index (Phi) is 7.50. The molecule has 6 rings (SSSR count). The van der Waals surface area contributed by atoms with Gasteiger partial charge in [0.05, 0.1) is 48.0 Å². The van der Waals surface area contributed by atoms with E-state index in [2.05, 4.69) is 43.3 Å². The smallest absolute Gasteiger partial charge is 0.212 e. The Morgan fingerprint density at radius 1 is 1.18 bits per heavy atom. The van der Waals surface area contributed by atoms with Gasteiger partial charge < -0.3 is 25.1 Å². The van der Waals surface area contributed by atoms with E-state index in [0.29, 0.717) is 40.7 Å². The van der Waals surface area contributed by atoms with Gasteiger partial charge in [0.15, 0.2) is 0 Å². The van der Waals surface area contributed by atoms with E-state index in [4.69, 9.17) is 19.9 Å². The van der Waals surface area contributed by atoms with Crippen LogP contribution in [-0.2, 0) is 11.3 Å². The van der Waals surface area contributed by atoms with Crippen LogP contribution in [0.25, 0.3) is 5.57 Å². The molecular weight excluding hydrogens is 506 g/mol. The minimum Gasteiger partial charge on any atom is -0.490 e. The summed E-state index contributed by atoms with van der Waals surface area (Å²) in [6, 6.07) is 9.10. The molecule has 4 aliphatic heterocycles. The van der Waals surface area contributed by atoms with Crippen molar-refractivity contribution in [2.24, 2.45) is 5.41 Å². The minimum atomic E-state index is -0.657. The Morgan fingerprint density at radius 2 is 1.98 bits per heavy atom. The lowest BCUT2D eigenvalue weighted by atomic mass is 9.87. The number of fused-ring (bicyclic) bond motifs is 2. The third kappa shape index (κ3) is 5.51. The molecule has 0 amide bonds. The zero-order chi connectivity index (χ0) is 28.3. The molecule has 2 bridgehead atoms. The summed E-state index contributed by atoms with van der Waals surface area (Å²) in [7, 11) is 1.62. The summed E-state index contributed by atoms with van der Waals surface area (Å²) in [5.74, 6) is 1.92. The number of anilines is 1. The second-order valence-corrected chi connectivity index (χ2v) is 10.7. The summed E-state index contributed by atoms with van der Waals surface area (Å²) in [5, 5.41) is 29.6. The number of pyridine rings is 1. The predicted molar refractivity (Wildman–Crippen MR) is 149 cm³/mol. The molecule has 0 spiro atoms. The third-order valence-electron chi connectivity index (χ3n) is 7.31. The molecule has 0 aromatic carbocycles. The summed E-state index contributed by atoms with van der Waals surface area (Å²) in [6.45, 7) is 6.39. The molecule has 2 aromatic rings. The Hall–Kier alpha value is -4.74. The van der Waals surface area contributed by atoms with Crippen molar-refractivity contribution in [3.63, 3.8) is 0 Å². The molecule has 3 saturated heterocycles. The maximum absolute atomic E-state index is 9.56. The average molecular weight is 538 g/mol. The number of dihydropyridines is 1. The number of nitriles is 2. The largest absolute Gasteiger partial charge is 0.490 e. The molecule has 3 fully saturated rings. The molecule has 2 atom stereocenters. The topological polar surface area (TPSA) is 147 Å². The van der Waals surface area contributed by atoms with Crippen molar-refractivity contribution >= 4 is 17.6 Å². The van der Waals surface area contributed by atoms with Gasteiger partial charge in [0.25, 0.3) is 0 Å². The van der Waals surface area contributed by atoms with Gasteiger partial charge in [-0.25, -0.2) is 9.97 Å². The van der Waals surface area contributed by atoms with Crippen LogP contribution in [0.4, 0.5) is 5.82 Å². The lowest BCUT2D eigenvalue weighted by molar-refractivity contribution is -0.00879. The molecule has 204 valence electrons. The summed E-state index contributed by atoms with van der Waals surface area (Å²) in [4.78, 5) is 18.5. The first kappa shape index (κ1) is 26.9. The number of ether oxygens (including phenoxy) is 2. The molecule has 4 aliphatic rings. The van der Waals surface area contributed by atoms with Crippen LogP contribution in [0, 0.1) is 33.5 Å². The van der Waals surface area contributed by atoms with Crippen molar-refractivity contribution in [3.8, 4) is 18.0 Å². The Labute approximate surface area is 233 Å². The number of nitrogens with zero attached hydrogens (tertiary/aromatic N) is 7. The highest BCUT2D eigenvalue weighted by Crippen LogP contribution is 2.36. The predicted octanol–water partition coefficient (Wildman–Crippen LogP) is 3.16. The average Bonchev–Trinajstić information content (AvgIpc) is 3.00. The van der Waals surface area contributed by atoms with Crippen LogP contribution in [0.1, 0.15) is 31.5 Å². The van der Waals surface area contributed by atoms with E-state index in [9.17, 15) is 10.5 Å². The van der Waals surface area contributed by atoms with Crippen molar-refractivity contribution in [1.29, 1.82) is 15.9 Å². The maximum Gasteiger partial charge on any atom is 0.212 e. The van der Waals surface area contributed by atoms with Crippen LogP contribution in [0.15, 0.2) is 60.0 Å². The number of nitrogens with one attached hydrogen (secondary N) is 2. The van der Waals surface area contributed by atoms with Crippen LogP contribution < -0.4 is 15.0 Å². The van der Waals surface area contributed by atoms with E-state index in [-0.39, 0.29) is 12.2 Å². The van der Waals surface area contributed by atoms with Gasteiger partial charge >= 0.3 is 0 Å². The van der Waals surface area contributed by atoms with Gasteiger partial charge in [-0.2, -0.15) is 10.5 Å². The number of rotatable bonds is 9. The van der Waals surface area contributed by atoms with Gasteiger partial charge in [0.2, 0.25) is 5.88 Å². The number of piperidine rings is 1. The fraction of sp³-hybridized carbons (Fsp3) is 0.379. The quantitative estimate of drug-likeness (QED) is 0.361. The van der Waals surface area contributed by atoms with E-state index in [1.165, 1.54) is 5.56 Å². The highest BCUT2D eigenvalue weighted by molar-refractivity contribution is 5.92. The van der Waals surface area contributed by atoms with Crippen molar-refractivity contribution in [2.45, 2.75) is 38.9 Å². The fourth-order valence-electron chi connectivity index (χ4n) is 5.03. The molecule has 0 aliphatic carbocycles. The van der Waals surface area contributed by atoms with Crippen LogP contribution in [-0.4, -0.2) is 65.0 Å². The van der Waals surface area contributed by atoms with Crippen LogP contribution in [0.2, 0.25) is 0 Å². The van der Waals surface area contributed by atoms with Gasteiger partial charge in [-0.05, 0) is 31.9 Å². The molecule has 6 heterocycles. The lowest BCUT2D eigenvalue weighted by Crippen LogP contribution is -2.68. The molecule has 0 saturated carbocycles. The highest BCUT2D eigenvalue weighted by atomic mass is 16.5. The first-order valence-electron chi connectivity index (χ1n) is 13.0. The molecule has 2 N–H and O–H groups in total. The summed E-state index contributed by atoms with van der Waals surface area (Å²) in [6.07, 6.45) is 10.9. The number of hydrogen-bond donors (Lipinski definition) is 2.